The number of furan rings is 1. The zero-order chi connectivity index (χ0) is 17.1. The first kappa shape index (κ1) is 16.8. The van der Waals surface area contributed by atoms with Crippen LogP contribution in [0.1, 0.15) is 36.1 Å². The monoisotopic (exact) mass is 326 g/mol. The van der Waals surface area contributed by atoms with Gasteiger partial charge in [-0.05, 0) is 50.7 Å². The van der Waals surface area contributed by atoms with E-state index in [0.717, 1.165) is 25.3 Å². The van der Waals surface area contributed by atoms with Gasteiger partial charge in [-0.15, -0.1) is 0 Å². The molecule has 1 saturated carbocycles. The Morgan fingerprint density at radius 2 is 1.79 bits per heavy atom. The molecule has 0 radical (unpaired) electrons. The van der Waals surface area contributed by atoms with Crippen LogP contribution in [0, 0.1) is 5.92 Å². The van der Waals surface area contributed by atoms with E-state index in [-0.39, 0.29) is 17.7 Å². The summed E-state index contributed by atoms with van der Waals surface area (Å²) in [5.41, 5.74) is 2.47. The molecule has 128 valence electrons. The maximum atomic E-state index is 12.7. The molecule has 3 rings (SSSR count). The summed E-state index contributed by atoms with van der Waals surface area (Å²) in [4.78, 5) is 16.8. The summed E-state index contributed by atoms with van der Waals surface area (Å²) in [5, 5.41) is 0. The molecule has 24 heavy (non-hydrogen) atoms. The zero-order valence-corrected chi connectivity index (χ0v) is 14.7. The smallest absolute Gasteiger partial charge is 0.226 e. The predicted molar refractivity (Wildman–Crippen MR) is 94.5 cm³/mol. The van der Waals surface area contributed by atoms with Crippen LogP contribution in [0.25, 0.3) is 0 Å². The molecule has 1 aliphatic carbocycles. The van der Waals surface area contributed by atoms with Crippen LogP contribution in [0.5, 0.6) is 0 Å². The minimum absolute atomic E-state index is 0.0871. The molecular weight excluding hydrogens is 300 g/mol. The van der Waals surface area contributed by atoms with Crippen LogP contribution >= 0.6 is 0 Å². The first-order valence-electron chi connectivity index (χ1n) is 8.63. The summed E-state index contributed by atoms with van der Waals surface area (Å²) in [6, 6.07) is 12.4. The molecule has 0 N–H and O–H groups in total. The average molecular weight is 326 g/mol. The average Bonchev–Trinajstić information content (AvgIpc) is 3.18. The van der Waals surface area contributed by atoms with Crippen LogP contribution in [0.15, 0.2) is 47.1 Å². The Morgan fingerprint density at radius 3 is 2.33 bits per heavy atom. The summed E-state index contributed by atoms with van der Waals surface area (Å²) >= 11 is 0. The highest BCUT2D eigenvalue weighted by molar-refractivity contribution is 5.82. The largest absolute Gasteiger partial charge is 0.469 e. The molecule has 2 aromatic rings. The van der Waals surface area contributed by atoms with E-state index in [1.807, 2.05) is 24.0 Å². The van der Waals surface area contributed by atoms with E-state index < -0.39 is 0 Å². The van der Waals surface area contributed by atoms with Crippen LogP contribution < -0.4 is 0 Å². The van der Waals surface area contributed by atoms with Crippen molar-refractivity contribution in [2.75, 3.05) is 20.6 Å². The van der Waals surface area contributed by atoms with E-state index >= 15 is 0 Å². The minimum Gasteiger partial charge on any atom is -0.469 e. The third-order valence-electron chi connectivity index (χ3n) is 4.60. The number of amides is 1. The van der Waals surface area contributed by atoms with Crippen LogP contribution in [0.4, 0.5) is 0 Å². The van der Waals surface area contributed by atoms with Gasteiger partial charge in [-0.3, -0.25) is 4.79 Å². The second-order valence-electron chi connectivity index (χ2n) is 6.87. The van der Waals surface area contributed by atoms with Crippen molar-refractivity contribution >= 4 is 5.91 Å². The highest BCUT2D eigenvalue weighted by Crippen LogP contribution is 2.48. The quantitative estimate of drug-likeness (QED) is 0.781. The molecule has 0 saturated heterocycles. The topological polar surface area (TPSA) is 36.7 Å². The van der Waals surface area contributed by atoms with Gasteiger partial charge >= 0.3 is 0 Å². The Bertz CT molecular complexity index is 661. The Labute approximate surface area is 144 Å². The number of benzene rings is 1. The van der Waals surface area contributed by atoms with Crippen molar-refractivity contribution in [3.63, 3.8) is 0 Å². The van der Waals surface area contributed by atoms with Gasteiger partial charge < -0.3 is 14.2 Å². The maximum absolute atomic E-state index is 12.7. The minimum atomic E-state index is 0.0871. The highest BCUT2D eigenvalue weighted by Gasteiger charge is 2.47. The van der Waals surface area contributed by atoms with Crippen molar-refractivity contribution in [2.24, 2.45) is 5.92 Å². The normalized spacial score (nSPS) is 19.5. The van der Waals surface area contributed by atoms with Gasteiger partial charge in [-0.25, -0.2) is 0 Å². The summed E-state index contributed by atoms with van der Waals surface area (Å²) < 4.78 is 5.44. The van der Waals surface area contributed by atoms with Crippen molar-refractivity contribution in [3.05, 3.63) is 59.5 Å². The fourth-order valence-electron chi connectivity index (χ4n) is 3.20. The second kappa shape index (κ2) is 7.22. The van der Waals surface area contributed by atoms with Crippen molar-refractivity contribution in [1.29, 1.82) is 0 Å². The van der Waals surface area contributed by atoms with Gasteiger partial charge in [0.1, 0.15) is 5.76 Å². The molecular formula is C20H26N2O2. The van der Waals surface area contributed by atoms with Crippen LogP contribution in [-0.4, -0.2) is 36.3 Å². The number of carbonyl (C=O) groups excluding carboxylic acids is 1. The second-order valence-corrected chi connectivity index (χ2v) is 6.87. The Kier molecular flexibility index (Phi) is 5.05. The van der Waals surface area contributed by atoms with Crippen molar-refractivity contribution in [3.8, 4) is 0 Å². The van der Waals surface area contributed by atoms with Gasteiger partial charge in [0.2, 0.25) is 5.91 Å². The summed E-state index contributed by atoms with van der Waals surface area (Å²) in [6.45, 7) is 4.39. The van der Waals surface area contributed by atoms with E-state index in [0.29, 0.717) is 6.54 Å². The molecule has 1 heterocycles. The van der Waals surface area contributed by atoms with Gasteiger partial charge in [0, 0.05) is 31.5 Å². The molecule has 0 aliphatic heterocycles. The molecule has 1 aromatic heterocycles. The maximum Gasteiger partial charge on any atom is 0.226 e. The van der Waals surface area contributed by atoms with Gasteiger partial charge in [0.15, 0.2) is 0 Å². The molecule has 0 unspecified atom stereocenters. The molecule has 4 heteroatoms. The lowest BCUT2D eigenvalue weighted by Gasteiger charge is -2.21. The first-order chi connectivity index (χ1) is 11.6. The van der Waals surface area contributed by atoms with Crippen molar-refractivity contribution < 1.29 is 9.21 Å². The van der Waals surface area contributed by atoms with E-state index in [9.17, 15) is 4.79 Å². The fraction of sp³-hybridized carbons (Fsp3) is 0.450. The van der Waals surface area contributed by atoms with Gasteiger partial charge in [-0.1, -0.05) is 24.3 Å². The molecule has 2 atom stereocenters. The van der Waals surface area contributed by atoms with E-state index in [1.165, 1.54) is 11.1 Å². The van der Waals surface area contributed by atoms with Crippen LogP contribution in [0.2, 0.25) is 0 Å². The van der Waals surface area contributed by atoms with Crippen molar-refractivity contribution in [2.45, 2.75) is 32.4 Å². The standard InChI is InChI=1S/C20H26N2O2/c1-4-22(14-16-9-7-15(8-10-16)13-21(2)3)20(23)18-12-17(18)19-6-5-11-24-19/h5-11,17-18H,4,12-14H2,1-3H3/t17-,18-/m0/s1. The number of hydrogen-bond donors (Lipinski definition) is 0. The summed E-state index contributed by atoms with van der Waals surface area (Å²) in [6.07, 6.45) is 2.59. The van der Waals surface area contributed by atoms with E-state index in [2.05, 4.69) is 43.3 Å². The van der Waals surface area contributed by atoms with Gasteiger partial charge in [0.05, 0.1) is 6.26 Å². The van der Waals surface area contributed by atoms with E-state index in [4.69, 9.17) is 4.42 Å². The molecule has 1 aromatic carbocycles. The molecule has 1 aliphatic rings. The Hall–Kier alpha value is -2.07. The predicted octanol–water partition coefficient (Wildman–Crippen LogP) is 3.49. The lowest BCUT2D eigenvalue weighted by molar-refractivity contribution is -0.133. The van der Waals surface area contributed by atoms with Gasteiger partial charge in [-0.2, -0.15) is 0 Å². The molecule has 0 spiro atoms. The van der Waals surface area contributed by atoms with Crippen LogP contribution in [0.3, 0.4) is 0 Å². The number of rotatable bonds is 7. The number of hydrogen-bond acceptors (Lipinski definition) is 3. The third kappa shape index (κ3) is 3.88. The lowest BCUT2D eigenvalue weighted by Crippen LogP contribution is -2.31. The zero-order valence-electron chi connectivity index (χ0n) is 14.7. The van der Waals surface area contributed by atoms with Gasteiger partial charge in [0.25, 0.3) is 0 Å². The Balaban J connectivity index is 1.59. The van der Waals surface area contributed by atoms with E-state index in [1.54, 1.807) is 6.26 Å². The Morgan fingerprint density at radius 1 is 1.12 bits per heavy atom. The summed E-state index contributed by atoms with van der Waals surface area (Å²) in [7, 11) is 4.13. The van der Waals surface area contributed by atoms with Crippen LogP contribution in [-0.2, 0) is 17.9 Å². The SMILES string of the molecule is CCN(Cc1ccc(CN(C)C)cc1)C(=O)[C@H]1C[C@@H]1c1ccco1. The lowest BCUT2D eigenvalue weighted by atomic mass is 10.1. The van der Waals surface area contributed by atoms with Crippen molar-refractivity contribution in [1.82, 2.24) is 9.80 Å². The molecule has 4 nitrogen and oxygen atoms in total. The molecule has 0 bridgehead atoms. The number of carbonyl (C=O) groups is 1. The molecule has 1 fully saturated rings. The fourth-order valence-corrected chi connectivity index (χ4v) is 3.20. The highest BCUT2D eigenvalue weighted by atomic mass is 16.3. The molecule has 1 amide bonds. The summed E-state index contributed by atoms with van der Waals surface area (Å²) in [5.74, 6) is 1.54. The first-order valence-corrected chi connectivity index (χ1v) is 8.63. The number of nitrogens with zero attached hydrogens (tertiary/aromatic N) is 2. The third-order valence-corrected chi connectivity index (χ3v) is 4.60.